The zero-order chi connectivity index (χ0) is 25.8. The van der Waals surface area contributed by atoms with Crippen LogP contribution in [0.4, 0.5) is 0 Å². The number of hydrogen-bond acceptors (Lipinski definition) is 6. The molecule has 0 bridgehead atoms. The molecule has 1 saturated heterocycles. The van der Waals surface area contributed by atoms with Gasteiger partial charge in [-0.3, -0.25) is 19.6 Å². The minimum absolute atomic E-state index is 0.0404. The minimum Gasteiger partial charge on any atom is -0.507 e. The van der Waals surface area contributed by atoms with Gasteiger partial charge in [0.25, 0.3) is 11.7 Å². The van der Waals surface area contributed by atoms with Gasteiger partial charge in [-0.15, -0.1) is 0 Å². The van der Waals surface area contributed by atoms with Crippen molar-refractivity contribution in [1.82, 2.24) is 14.9 Å². The number of carbonyl (C=O) groups is 2. The molecular formula is C30H25N3O4. The second-order valence-corrected chi connectivity index (χ2v) is 8.87. The second-order valence-electron chi connectivity index (χ2n) is 8.87. The Balaban J connectivity index is 1.45. The molecule has 0 spiro atoms. The van der Waals surface area contributed by atoms with Crippen LogP contribution < -0.4 is 4.74 Å². The third-order valence-corrected chi connectivity index (χ3v) is 6.28. The van der Waals surface area contributed by atoms with E-state index in [2.05, 4.69) is 16.0 Å². The summed E-state index contributed by atoms with van der Waals surface area (Å²) in [6.07, 6.45) is 6.47. The molecule has 0 unspecified atom stereocenters. The fourth-order valence-electron chi connectivity index (χ4n) is 4.45. The number of ketones is 1. The van der Waals surface area contributed by atoms with Gasteiger partial charge < -0.3 is 14.7 Å². The molecule has 1 amide bonds. The highest BCUT2D eigenvalue weighted by molar-refractivity contribution is 6.46. The van der Waals surface area contributed by atoms with Gasteiger partial charge >= 0.3 is 0 Å². The number of aromatic nitrogens is 2. The van der Waals surface area contributed by atoms with Crippen molar-refractivity contribution >= 4 is 17.4 Å². The van der Waals surface area contributed by atoms with Gasteiger partial charge in [0.2, 0.25) is 0 Å². The molecule has 5 rings (SSSR count). The predicted molar refractivity (Wildman–Crippen MR) is 138 cm³/mol. The number of hydrogen-bond donors (Lipinski definition) is 1. The Morgan fingerprint density at radius 2 is 1.57 bits per heavy atom. The number of nitrogens with zero attached hydrogens (tertiary/aromatic N) is 3. The third-order valence-electron chi connectivity index (χ3n) is 6.28. The summed E-state index contributed by atoms with van der Waals surface area (Å²) in [5.74, 6) is -1.00. The van der Waals surface area contributed by atoms with Gasteiger partial charge in [-0.05, 0) is 72.1 Å². The predicted octanol–water partition coefficient (Wildman–Crippen LogP) is 4.99. The summed E-state index contributed by atoms with van der Waals surface area (Å²) >= 11 is 0. The van der Waals surface area contributed by atoms with E-state index in [1.807, 2.05) is 25.1 Å². The number of rotatable bonds is 7. The van der Waals surface area contributed by atoms with Gasteiger partial charge in [0, 0.05) is 36.9 Å². The van der Waals surface area contributed by atoms with E-state index in [0.29, 0.717) is 23.5 Å². The second kappa shape index (κ2) is 10.5. The molecule has 2 aromatic carbocycles. The molecule has 1 aliphatic heterocycles. The lowest BCUT2D eigenvalue weighted by atomic mass is 9.96. The number of carbonyl (C=O) groups excluding carboxylic acids is 2. The van der Waals surface area contributed by atoms with Crippen molar-refractivity contribution in [1.29, 1.82) is 0 Å². The SMILES string of the molecule is Cc1cccc(COc2ccc(/C(O)=C3\C(=O)C(=O)N(Cc4ccncc4)[C@@H]3c3ccncc3)cc2)c1. The quantitative estimate of drug-likeness (QED) is 0.223. The maximum Gasteiger partial charge on any atom is 0.295 e. The first-order chi connectivity index (χ1) is 18.0. The first kappa shape index (κ1) is 23.9. The van der Waals surface area contributed by atoms with Gasteiger partial charge in [-0.1, -0.05) is 29.8 Å². The van der Waals surface area contributed by atoms with Crippen LogP contribution in [0.25, 0.3) is 5.76 Å². The van der Waals surface area contributed by atoms with E-state index in [1.54, 1.807) is 73.3 Å². The summed E-state index contributed by atoms with van der Waals surface area (Å²) in [7, 11) is 0. The number of likely N-dealkylation sites (tertiary alicyclic amines) is 1. The number of ether oxygens (including phenoxy) is 1. The highest BCUT2D eigenvalue weighted by Crippen LogP contribution is 2.40. The molecule has 1 aliphatic rings. The number of aliphatic hydroxyl groups excluding tert-OH is 1. The maximum absolute atomic E-state index is 13.2. The van der Waals surface area contributed by atoms with Gasteiger partial charge in [0.05, 0.1) is 11.6 Å². The molecule has 37 heavy (non-hydrogen) atoms. The Labute approximate surface area is 214 Å². The van der Waals surface area contributed by atoms with Crippen LogP contribution in [0, 0.1) is 6.92 Å². The highest BCUT2D eigenvalue weighted by Gasteiger charge is 2.46. The number of benzene rings is 2. The lowest BCUT2D eigenvalue weighted by molar-refractivity contribution is -0.140. The summed E-state index contributed by atoms with van der Waals surface area (Å²) in [6, 6.07) is 21.2. The summed E-state index contributed by atoms with van der Waals surface area (Å²) < 4.78 is 5.88. The van der Waals surface area contributed by atoms with Crippen molar-refractivity contribution in [3.8, 4) is 5.75 Å². The topological polar surface area (TPSA) is 92.6 Å². The van der Waals surface area contributed by atoms with Crippen LogP contribution in [-0.2, 0) is 22.7 Å². The number of amides is 1. The van der Waals surface area contributed by atoms with Crippen molar-refractivity contribution in [2.24, 2.45) is 0 Å². The van der Waals surface area contributed by atoms with Crippen LogP contribution in [0.3, 0.4) is 0 Å². The average Bonchev–Trinajstić information content (AvgIpc) is 3.18. The van der Waals surface area contributed by atoms with E-state index in [1.165, 1.54) is 4.90 Å². The van der Waals surface area contributed by atoms with Crippen molar-refractivity contribution in [2.45, 2.75) is 26.1 Å². The van der Waals surface area contributed by atoms with E-state index < -0.39 is 17.7 Å². The van der Waals surface area contributed by atoms with Crippen molar-refractivity contribution in [3.05, 3.63) is 131 Å². The van der Waals surface area contributed by atoms with Crippen molar-refractivity contribution in [2.75, 3.05) is 0 Å². The van der Waals surface area contributed by atoms with Crippen LogP contribution in [0.5, 0.6) is 5.75 Å². The van der Waals surface area contributed by atoms with Gasteiger partial charge in [0.15, 0.2) is 0 Å². The Bertz CT molecular complexity index is 1450. The molecule has 0 saturated carbocycles. The number of aliphatic hydroxyl groups is 1. The summed E-state index contributed by atoms with van der Waals surface area (Å²) in [4.78, 5) is 35.9. The zero-order valence-electron chi connectivity index (χ0n) is 20.2. The normalized spacial score (nSPS) is 16.7. The summed E-state index contributed by atoms with van der Waals surface area (Å²) in [5.41, 5.74) is 4.18. The number of aryl methyl sites for hydroxylation is 1. The summed E-state index contributed by atoms with van der Waals surface area (Å²) in [5, 5.41) is 11.3. The van der Waals surface area contributed by atoms with Gasteiger partial charge in [0.1, 0.15) is 18.1 Å². The van der Waals surface area contributed by atoms with E-state index >= 15 is 0 Å². The smallest absolute Gasteiger partial charge is 0.295 e. The first-order valence-electron chi connectivity index (χ1n) is 11.9. The van der Waals surface area contributed by atoms with Gasteiger partial charge in [-0.25, -0.2) is 0 Å². The van der Waals surface area contributed by atoms with E-state index in [0.717, 1.165) is 16.7 Å². The van der Waals surface area contributed by atoms with E-state index in [4.69, 9.17) is 4.74 Å². The molecule has 3 heterocycles. The molecule has 184 valence electrons. The molecule has 2 aromatic heterocycles. The molecule has 7 nitrogen and oxygen atoms in total. The molecule has 4 aromatic rings. The van der Waals surface area contributed by atoms with Crippen LogP contribution in [-0.4, -0.2) is 31.7 Å². The summed E-state index contributed by atoms with van der Waals surface area (Å²) in [6.45, 7) is 2.64. The van der Waals surface area contributed by atoms with Crippen molar-refractivity contribution < 1.29 is 19.4 Å². The Hall–Kier alpha value is -4.78. The fraction of sp³-hybridized carbons (Fsp3) is 0.133. The molecule has 1 atom stereocenters. The largest absolute Gasteiger partial charge is 0.507 e. The highest BCUT2D eigenvalue weighted by atomic mass is 16.5. The van der Waals surface area contributed by atoms with Gasteiger partial charge in [-0.2, -0.15) is 0 Å². The fourth-order valence-corrected chi connectivity index (χ4v) is 4.45. The lowest BCUT2D eigenvalue weighted by Gasteiger charge is -2.25. The molecular weight excluding hydrogens is 466 g/mol. The maximum atomic E-state index is 13.2. The van der Waals surface area contributed by atoms with E-state index in [-0.39, 0.29) is 17.9 Å². The third kappa shape index (κ3) is 5.11. The van der Waals surface area contributed by atoms with Crippen LogP contribution in [0.2, 0.25) is 0 Å². The standard InChI is InChI=1S/C30H25N3O4/c1-20-3-2-4-22(17-20)19-37-25-7-5-24(6-8-25)28(34)26-27(23-11-15-32-16-12-23)33(30(36)29(26)35)18-21-9-13-31-14-10-21/h2-17,27,34H,18-19H2,1H3/b28-26+/t27-/m1/s1. The van der Waals surface area contributed by atoms with Crippen LogP contribution >= 0.6 is 0 Å². The lowest BCUT2D eigenvalue weighted by Crippen LogP contribution is -2.29. The molecule has 7 heteroatoms. The van der Waals surface area contributed by atoms with Crippen molar-refractivity contribution in [3.63, 3.8) is 0 Å². The molecule has 0 radical (unpaired) electrons. The molecule has 0 aliphatic carbocycles. The Morgan fingerprint density at radius 1 is 0.892 bits per heavy atom. The van der Waals surface area contributed by atoms with Crippen LogP contribution in [0.1, 0.15) is 33.9 Å². The monoisotopic (exact) mass is 491 g/mol. The zero-order valence-corrected chi connectivity index (χ0v) is 20.2. The molecule has 1 fully saturated rings. The number of pyridine rings is 2. The number of Topliss-reactive ketones (excluding diaryl/α,β-unsaturated/α-hetero) is 1. The first-order valence-corrected chi connectivity index (χ1v) is 11.9. The Kier molecular flexibility index (Phi) is 6.76. The van der Waals surface area contributed by atoms with E-state index in [9.17, 15) is 14.7 Å². The molecule has 1 N–H and O–H groups in total. The Morgan fingerprint density at radius 3 is 2.24 bits per heavy atom. The minimum atomic E-state index is -0.756. The average molecular weight is 492 g/mol. The van der Waals surface area contributed by atoms with Crippen LogP contribution in [0.15, 0.2) is 103 Å².